The Kier molecular flexibility index (Phi) is 4.70. The summed E-state index contributed by atoms with van der Waals surface area (Å²) in [4.78, 5) is 10.1. The maximum absolute atomic E-state index is 10.7. The van der Waals surface area contributed by atoms with E-state index in [0.717, 1.165) is 5.56 Å². The lowest BCUT2D eigenvalue weighted by molar-refractivity contribution is -0.384. The Labute approximate surface area is 130 Å². The Balaban J connectivity index is 2.09. The molecule has 0 heterocycles. The van der Waals surface area contributed by atoms with Crippen LogP contribution in [0.1, 0.15) is 5.56 Å². The highest BCUT2D eigenvalue weighted by Gasteiger charge is 2.11. The van der Waals surface area contributed by atoms with E-state index in [9.17, 15) is 10.1 Å². The zero-order valence-corrected chi connectivity index (χ0v) is 12.3. The summed E-state index contributed by atoms with van der Waals surface area (Å²) in [5.41, 5.74) is 1.51. The van der Waals surface area contributed by atoms with E-state index in [1.54, 1.807) is 18.2 Å². The van der Waals surface area contributed by atoms with Gasteiger partial charge in [-0.2, -0.15) is 0 Å². The van der Waals surface area contributed by atoms with Gasteiger partial charge in [0.15, 0.2) is 0 Å². The molecule has 4 nitrogen and oxygen atoms in total. The van der Waals surface area contributed by atoms with Crippen LogP contribution in [0.25, 0.3) is 0 Å². The highest BCUT2D eigenvalue weighted by Crippen LogP contribution is 2.28. The van der Waals surface area contributed by atoms with Gasteiger partial charge in [-0.15, -0.1) is 0 Å². The highest BCUT2D eigenvalue weighted by atomic mass is 35.5. The Morgan fingerprint density at radius 1 is 1.00 bits per heavy atom. The van der Waals surface area contributed by atoms with E-state index in [1.165, 1.54) is 12.1 Å². The molecule has 0 fully saturated rings. The Hall–Kier alpha value is -1.49. The van der Waals surface area contributed by atoms with E-state index >= 15 is 0 Å². The van der Waals surface area contributed by atoms with Gasteiger partial charge in [-0.3, -0.25) is 10.1 Å². The third kappa shape index (κ3) is 3.54. The van der Waals surface area contributed by atoms with Crippen molar-refractivity contribution in [3.05, 3.63) is 67.1 Å². The lowest BCUT2D eigenvalue weighted by atomic mass is 10.2. The molecule has 0 aliphatic rings. The molecule has 0 aromatic heterocycles. The smallest absolute Gasteiger partial charge is 0.288 e. The van der Waals surface area contributed by atoms with Gasteiger partial charge in [0, 0.05) is 18.3 Å². The van der Waals surface area contributed by atoms with E-state index < -0.39 is 4.92 Å². The number of benzene rings is 2. The topological polar surface area (TPSA) is 55.2 Å². The van der Waals surface area contributed by atoms with E-state index in [-0.39, 0.29) is 10.7 Å². The summed E-state index contributed by atoms with van der Waals surface area (Å²) in [5, 5.41) is 14.8. The maximum Gasteiger partial charge on any atom is 0.288 e. The van der Waals surface area contributed by atoms with Gasteiger partial charge in [-0.25, -0.2) is 0 Å². The Bertz CT molecular complexity index is 662. The predicted octanol–water partition coefficient (Wildman–Crippen LogP) is 5.17. The van der Waals surface area contributed by atoms with Crippen molar-refractivity contribution in [2.24, 2.45) is 0 Å². The van der Waals surface area contributed by atoms with Gasteiger partial charge >= 0.3 is 0 Å². The fourth-order valence-corrected chi connectivity index (χ4v) is 2.19. The molecule has 0 amide bonds. The number of nitrogens with one attached hydrogen (secondary N) is 1. The second-order valence-electron chi connectivity index (χ2n) is 4.03. The molecule has 2 aromatic rings. The Morgan fingerprint density at radius 2 is 1.75 bits per heavy atom. The minimum atomic E-state index is -0.523. The largest absolute Gasteiger partial charge is 0.381 e. The van der Waals surface area contributed by atoms with Crippen LogP contribution in [0.5, 0.6) is 0 Å². The number of halogens is 3. The van der Waals surface area contributed by atoms with Crippen LogP contribution >= 0.6 is 34.8 Å². The summed E-state index contributed by atoms with van der Waals surface area (Å²) in [6.45, 7) is 0.505. The number of anilines is 1. The molecule has 0 atom stereocenters. The van der Waals surface area contributed by atoms with Gasteiger partial charge in [0.1, 0.15) is 5.02 Å². The van der Waals surface area contributed by atoms with E-state index in [2.05, 4.69) is 5.32 Å². The number of nitrogens with zero attached hydrogens (tertiary/aromatic N) is 1. The van der Waals surface area contributed by atoms with Crippen molar-refractivity contribution in [3.8, 4) is 0 Å². The van der Waals surface area contributed by atoms with Crippen LogP contribution in [0.2, 0.25) is 15.1 Å². The van der Waals surface area contributed by atoms with E-state index in [4.69, 9.17) is 34.8 Å². The molecule has 0 bridgehead atoms. The number of hydrogen-bond donors (Lipinski definition) is 1. The van der Waals surface area contributed by atoms with Crippen LogP contribution in [-0.2, 0) is 6.54 Å². The molecular weight excluding hydrogens is 323 g/mol. The standard InChI is InChI=1S/C13H9Cl3N2O2/c14-10-3-1-8(5-11(10)15)7-17-9-2-4-13(18(19)20)12(16)6-9/h1-6,17H,7H2. The zero-order valence-electron chi connectivity index (χ0n) is 10.1. The van der Waals surface area contributed by atoms with Gasteiger partial charge in [-0.1, -0.05) is 40.9 Å². The van der Waals surface area contributed by atoms with Gasteiger partial charge in [0.2, 0.25) is 0 Å². The predicted molar refractivity (Wildman–Crippen MR) is 81.9 cm³/mol. The average Bonchev–Trinajstić information content (AvgIpc) is 2.40. The fraction of sp³-hybridized carbons (Fsp3) is 0.0769. The second kappa shape index (κ2) is 6.31. The summed E-state index contributed by atoms with van der Waals surface area (Å²) in [5.74, 6) is 0. The molecule has 104 valence electrons. The second-order valence-corrected chi connectivity index (χ2v) is 5.25. The minimum absolute atomic E-state index is 0.0918. The van der Waals surface area contributed by atoms with E-state index in [0.29, 0.717) is 22.3 Å². The van der Waals surface area contributed by atoms with Gasteiger partial charge in [0.25, 0.3) is 5.69 Å². The van der Waals surface area contributed by atoms with Crippen LogP contribution in [0.4, 0.5) is 11.4 Å². The molecular formula is C13H9Cl3N2O2. The van der Waals surface area contributed by atoms with Crippen LogP contribution in [-0.4, -0.2) is 4.92 Å². The molecule has 0 aliphatic heterocycles. The zero-order chi connectivity index (χ0) is 14.7. The van der Waals surface area contributed by atoms with Crippen LogP contribution in [0.3, 0.4) is 0 Å². The van der Waals surface area contributed by atoms with Gasteiger partial charge in [0.05, 0.1) is 15.0 Å². The molecule has 7 heteroatoms. The maximum atomic E-state index is 10.7. The lowest BCUT2D eigenvalue weighted by Crippen LogP contribution is -2.00. The average molecular weight is 332 g/mol. The van der Waals surface area contributed by atoms with Gasteiger partial charge < -0.3 is 5.32 Å². The van der Waals surface area contributed by atoms with Crippen molar-refractivity contribution >= 4 is 46.2 Å². The normalized spacial score (nSPS) is 10.3. The number of nitro groups is 1. The fourth-order valence-electron chi connectivity index (χ4n) is 1.62. The van der Waals surface area contributed by atoms with Crippen LogP contribution < -0.4 is 5.32 Å². The number of nitro benzene ring substituents is 1. The minimum Gasteiger partial charge on any atom is -0.381 e. The molecule has 1 N–H and O–H groups in total. The van der Waals surface area contributed by atoms with Gasteiger partial charge in [-0.05, 0) is 29.8 Å². The van der Waals surface area contributed by atoms with Crippen molar-refractivity contribution in [1.29, 1.82) is 0 Å². The molecule has 20 heavy (non-hydrogen) atoms. The quantitative estimate of drug-likeness (QED) is 0.621. The number of hydrogen-bond acceptors (Lipinski definition) is 3. The molecule has 0 unspecified atom stereocenters. The van der Waals surface area contributed by atoms with Crippen molar-refractivity contribution < 1.29 is 4.92 Å². The first-order valence-corrected chi connectivity index (χ1v) is 6.72. The third-order valence-corrected chi connectivity index (χ3v) is 3.67. The summed E-state index contributed by atoms with van der Waals surface area (Å²) in [6, 6.07) is 9.78. The van der Waals surface area contributed by atoms with E-state index in [1.807, 2.05) is 6.07 Å². The number of rotatable bonds is 4. The first-order valence-electron chi connectivity index (χ1n) is 5.59. The third-order valence-electron chi connectivity index (χ3n) is 2.63. The molecule has 0 aliphatic carbocycles. The summed E-state index contributed by atoms with van der Waals surface area (Å²) < 4.78 is 0. The van der Waals surface area contributed by atoms with Crippen molar-refractivity contribution in [2.45, 2.75) is 6.54 Å². The highest BCUT2D eigenvalue weighted by molar-refractivity contribution is 6.42. The molecule has 0 saturated heterocycles. The van der Waals surface area contributed by atoms with Crippen LogP contribution in [0, 0.1) is 10.1 Å². The van der Waals surface area contributed by atoms with Crippen molar-refractivity contribution in [3.63, 3.8) is 0 Å². The lowest BCUT2D eigenvalue weighted by Gasteiger charge is -2.08. The molecule has 2 rings (SSSR count). The summed E-state index contributed by atoms with van der Waals surface area (Å²) in [7, 11) is 0. The molecule has 0 radical (unpaired) electrons. The SMILES string of the molecule is O=[N+]([O-])c1ccc(NCc2ccc(Cl)c(Cl)c2)cc1Cl. The molecule has 0 spiro atoms. The van der Waals surface area contributed by atoms with Crippen LogP contribution in [0.15, 0.2) is 36.4 Å². The van der Waals surface area contributed by atoms with Crippen molar-refractivity contribution in [2.75, 3.05) is 5.32 Å². The first kappa shape index (κ1) is 14.9. The summed E-state index contributed by atoms with van der Waals surface area (Å²) >= 11 is 17.6. The monoisotopic (exact) mass is 330 g/mol. The molecule has 2 aromatic carbocycles. The first-order chi connectivity index (χ1) is 9.47. The molecule has 0 saturated carbocycles. The Morgan fingerprint density at radius 3 is 2.35 bits per heavy atom. The van der Waals surface area contributed by atoms with Crippen molar-refractivity contribution in [1.82, 2.24) is 0 Å². The summed E-state index contributed by atoms with van der Waals surface area (Å²) in [6.07, 6.45) is 0.